The highest BCUT2D eigenvalue weighted by molar-refractivity contribution is 8.13. The summed E-state index contributed by atoms with van der Waals surface area (Å²) < 4.78 is 0. The molecule has 9 heavy (non-hydrogen) atoms. The van der Waals surface area contributed by atoms with Crippen LogP contribution in [-0.4, -0.2) is 11.3 Å². The fraction of sp³-hybridized carbons (Fsp3) is 0.857. The molecule has 0 aromatic heterocycles. The highest BCUT2D eigenvalue weighted by atomic mass is 32.2. The van der Waals surface area contributed by atoms with E-state index in [0.717, 1.165) is 5.04 Å². The smallest absolute Gasteiger partial charge is 0.0669 e. The van der Waals surface area contributed by atoms with Gasteiger partial charge < -0.3 is 0 Å². The van der Waals surface area contributed by atoms with E-state index in [1.54, 1.807) is 11.8 Å². The molecule has 1 saturated carbocycles. The molecule has 0 aliphatic heterocycles. The molecule has 0 bridgehead atoms. The Labute approximate surface area is 60.7 Å². The van der Waals surface area contributed by atoms with Crippen molar-refractivity contribution in [2.45, 2.75) is 25.7 Å². The van der Waals surface area contributed by atoms with Gasteiger partial charge in [-0.25, -0.2) is 0 Å². The van der Waals surface area contributed by atoms with Gasteiger partial charge in [-0.1, -0.05) is 12.8 Å². The lowest BCUT2D eigenvalue weighted by Gasteiger charge is -2.05. The van der Waals surface area contributed by atoms with Crippen molar-refractivity contribution < 1.29 is 0 Å². The minimum Gasteiger partial charge on any atom is -0.298 e. The van der Waals surface area contributed by atoms with Gasteiger partial charge in [-0.15, -0.1) is 11.8 Å². The van der Waals surface area contributed by atoms with Crippen LogP contribution in [0.1, 0.15) is 25.7 Å². The Kier molecular flexibility index (Phi) is 2.58. The molecule has 1 rings (SSSR count). The van der Waals surface area contributed by atoms with Crippen molar-refractivity contribution in [2.75, 3.05) is 6.26 Å². The first kappa shape index (κ1) is 7.13. The fourth-order valence-electron chi connectivity index (χ4n) is 1.35. The lowest BCUT2D eigenvalue weighted by atomic mass is 10.1. The molecule has 0 amide bonds. The van der Waals surface area contributed by atoms with E-state index < -0.39 is 0 Å². The summed E-state index contributed by atoms with van der Waals surface area (Å²) in [5.74, 6) is 0.625. The van der Waals surface area contributed by atoms with Crippen LogP contribution in [0.25, 0.3) is 0 Å². The van der Waals surface area contributed by atoms with Crippen LogP contribution in [0, 0.1) is 11.3 Å². The molecular formula is C7H13NS. The van der Waals surface area contributed by atoms with Crippen molar-refractivity contribution in [1.29, 1.82) is 5.41 Å². The van der Waals surface area contributed by atoms with Gasteiger partial charge in [-0.3, -0.25) is 5.41 Å². The summed E-state index contributed by atoms with van der Waals surface area (Å²) in [6, 6.07) is 0. The van der Waals surface area contributed by atoms with E-state index in [1.807, 2.05) is 6.26 Å². The van der Waals surface area contributed by atoms with E-state index in [2.05, 4.69) is 0 Å². The maximum Gasteiger partial charge on any atom is 0.0669 e. The van der Waals surface area contributed by atoms with Gasteiger partial charge in [0.05, 0.1) is 5.04 Å². The van der Waals surface area contributed by atoms with Gasteiger partial charge in [0.25, 0.3) is 0 Å². The first-order chi connectivity index (χ1) is 4.34. The average molecular weight is 143 g/mol. The zero-order valence-electron chi connectivity index (χ0n) is 5.81. The minimum absolute atomic E-state index is 0.625. The molecule has 1 aliphatic rings. The second-order valence-corrected chi connectivity index (χ2v) is 3.40. The lowest BCUT2D eigenvalue weighted by molar-refractivity contribution is 0.736. The van der Waals surface area contributed by atoms with Gasteiger partial charge in [-0.2, -0.15) is 0 Å². The van der Waals surface area contributed by atoms with Crippen LogP contribution in [0.3, 0.4) is 0 Å². The molecule has 0 spiro atoms. The van der Waals surface area contributed by atoms with E-state index in [9.17, 15) is 0 Å². The maximum absolute atomic E-state index is 7.50. The molecule has 0 aromatic carbocycles. The second kappa shape index (κ2) is 3.25. The third kappa shape index (κ3) is 1.71. The van der Waals surface area contributed by atoms with E-state index in [4.69, 9.17) is 5.41 Å². The highest BCUT2D eigenvalue weighted by Crippen LogP contribution is 2.28. The normalized spacial score (nSPS) is 20.6. The molecule has 2 heteroatoms. The van der Waals surface area contributed by atoms with Crippen LogP contribution in [0.15, 0.2) is 0 Å². The summed E-state index contributed by atoms with van der Waals surface area (Å²) in [4.78, 5) is 0. The predicted molar refractivity (Wildman–Crippen MR) is 43.2 cm³/mol. The third-order valence-electron chi connectivity index (χ3n) is 1.95. The van der Waals surface area contributed by atoms with Crippen molar-refractivity contribution in [2.24, 2.45) is 5.92 Å². The van der Waals surface area contributed by atoms with Crippen molar-refractivity contribution in [3.63, 3.8) is 0 Å². The van der Waals surface area contributed by atoms with Crippen molar-refractivity contribution in [3.05, 3.63) is 0 Å². The number of rotatable bonds is 1. The van der Waals surface area contributed by atoms with Crippen LogP contribution in [0.4, 0.5) is 0 Å². The molecule has 0 aromatic rings. The Morgan fingerprint density at radius 3 is 2.44 bits per heavy atom. The summed E-state index contributed by atoms with van der Waals surface area (Å²) in [5.41, 5.74) is 0. The molecule has 0 saturated heterocycles. The Bertz CT molecular complexity index is 105. The van der Waals surface area contributed by atoms with Crippen LogP contribution in [0.5, 0.6) is 0 Å². The minimum atomic E-state index is 0.625. The fourth-order valence-corrected chi connectivity index (χ4v) is 1.92. The first-order valence-electron chi connectivity index (χ1n) is 3.47. The molecule has 1 nitrogen and oxygen atoms in total. The predicted octanol–water partition coefficient (Wildman–Crippen LogP) is 2.52. The Balaban J connectivity index is 2.32. The van der Waals surface area contributed by atoms with E-state index >= 15 is 0 Å². The molecular weight excluding hydrogens is 130 g/mol. The van der Waals surface area contributed by atoms with Crippen LogP contribution in [-0.2, 0) is 0 Å². The summed E-state index contributed by atoms with van der Waals surface area (Å²) in [6.07, 6.45) is 7.21. The monoisotopic (exact) mass is 143 g/mol. The molecule has 0 unspecified atom stereocenters. The van der Waals surface area contributed by atoms with Gasteiger partial charge in [0.2, 0.25) is 0 Å². The van der Waals surface area contributed by atoms with Crippen LogP contribution >= 0.6 is 11.8 Å². The standard InChI is InChI=1S/C7H13NS/c1-9-7(8)6-4-2-3-5-6/h6,8H,2-5H2,1H3. The lowest BCUT2D eigenvalue weighted by Crippen LogP contribution is -2.03. The first-order valence-corrected chi connectivity index (χ1v) is 4.69. The maximum atomic E-state index is 7.50. The van der Waals surface area contributed by atoms with Gasteiger partial charge >= 0.3 is 0 Å². The Hall–Kier alpha value is 0.0200. The van der Waals surface area contributed by atoms with E-state index in [1.165, 1.54) is 25.7 Å². The highest BCUT2D eigenvalue weighted by Gasteiger charge is 2.18. The summed E-state index contributed by atoms with van der Waals surface area (Å²) in [7, 11) is 0. The molecule has 0 radical (unpaired) electrons. The quantitative estimate of drug-likeness (QED) is 0.442. The van der Waals surface area contributed by atoms with Crippen molar-refractivity contribution in [3.8, 4) is 0 Å². The summed E-state index contributed by atoms with van der Waals surface area (Å²) in [6.45, 7) is 0. The SMILES string of the molecule is CSC(=N)C1CCCC1. The van der Waals surface area contributed by atoms with Gasteiger partial charge in [-0.05, 0) is 19.1 Å². The Morgan fingerprint density at radius 2 is 2.00 bits per heavy atom. The number of hydrogen-bond donors (Lipinski definition) is 1. The number of nitrogens with one attached hydrogen (secondary N) is 1. The zero-order chi connectivity index (χ0) is 6.69. The summed E-state index contributed by atoms with van der Waals surface area (Å²) >= 11 is 1.61. The van der Waals surface area contributed by atoms with Crippen LogP contribution < -0.4 is 0 Å². The van der Waals surface area contributed by atoms with Crippen molar-refractivity contribution in [1.82, 2.24) is 0 Å². The van der Waals surface area contributed by atoms with Crippen molar-refractivity contribution >= 4 is 16.8 Å². The molecule has 1 N–H and O–H groups in total. The zero-order valence-corrected chi connectivity index (χ0v) is 6.63. The molecule has 0 atom stereocenters. The molecule has 0 heterocycles. The van der Waals surface area contributed by atoms with Crippen LogP contribution in [0.2, 0.25) is 0 Å². The largest absolute Gasteiger partial charge is 0.298 e. The van der Waals surface area contributed by atoms with Gasteiger partial charge in [0, 0.05) is 5.92 Å². The summed E-state index contributed by atoms with van der Waals surface area (Å²) in [5, 5.41) is 8.39. The topological polar surface area (TPSA) is 23.9 Å². The molecule has 1 aliphatic carbocycles. The second-order valence-electron chi connectivity index (χ2n) is 2.55. The van der Waals surface area contributed by atoms with Gasteiger partial charge in [0.15, 0.2) is 0 Å². The third-order valence-corrected chi connectivity index (χ3v) is 2.72. The molecule has 1 fully saturated rings. The van der Waals surface area contributed by atoms with Gasteiger partial charge in [0.1, 0.15) is 0 Å². The molecule has 52 valence electrons. The Morgan fingerprint density at radius 1 is 1.44 bits per heavy atom. The number of thioether (sulfide) groups is 1. The van der Waals surface area contributed by atoms with E-state index in [-0.39, 0.29) is 0 Å². The number of hydrogen-bond acceptors (Lipinski definition) is 2. The average Bonchev–Trinajstić information content (AvgIpc) is 2.37. The van der Waals surface area contributed by atoms with E-state index in [0.29, 0.717) is 5.92 Å².